The molecule has 0 aromatic carbocycles. The quantitative estimate of drug-likeness (QED) is 0.630. The van der Waals surface area contributed by atoms with Gasteiger partial charge in [0.25, 0.3) is 0 Å². The second kappa shape index (κ2) is 5.50. The van der Waals surface area contributed by atoms with Crippen LogP contribution in [-0.2, 0) is 4.74 Å². The SMILES string of the molecule is CCOC1CC(Nc2cc(SC)ncn2)C1. The summed E-state index contributed by atoms with van der Waals surface area (Å²) < 4.78 is 5.51. The van der Waals surface area contributed by atoms with Crippen molar-refractivity contribution < 1.29 is 4.74 Å². The Hall–Kier alpha value is -0.810. The Morgan fingerprint density at radius 2 is 2.31 bits per heavy atom. The fourth-order valence-electron chi connectivity index (χ4n) is 1.79. The zero-order chi connectivity index (χ0) is 11.4. The van der Waals surface area contributed by atoms with E-state index in [-0.39, 0.29) is 0 Å². The van der Waals surface area contributed by atoms with E-state index < -0.39 is 0 Å². The molecular formula is C11H17N3OS. The van der Waals surface area contributed by atoms with Crippen molar-refractivity contribution in [2.24, 2.45) is 0 Å². The van der Waals surface area contributed by atoms with Crippen LogP contribution in [0, 0.1) is 0 Å². The number of thioether (sulfide) groups is 1. The molecule has 1 fully saturated rings. The standard InChI is InChI=1S/C11H17N3OS/c1-3-15-9-4-8(5-9)14-10-6-11(16-2)13-7-12-10/h6-9H,3-5H2,1-2H3,(H,12,13,14). The van der Waals surface area contributed by atoms with Gasteiger partial charge in [0.05, 0.1) is 6.10 Å². The molecule has 0 atom stereocenters. The van der Waals surface area contributed by atoms with Crippen LogP contribution in [0.2, 0.25) is 0 Å². The molecule has 16 heavy (non-hydrogen) atoms. The van der Waals surface area contributed by atoms with Crippen LogP contribution in [0.25, 0.3) is 0 Å². The van der Waals surface area contributed by atoms with E-state index >= 15 is 0 Å². The first-order chi connectivity index (χ1) is 7.81. The van der Waals surface area contributed by atoms with Gasteiger partial charge in [0, 0.05) is 18.7 Å². The van der Waals surface area contributed by atoms with E-state index in [2.05, 4.69) is 15.3 Å². The summed E-state index contributed by atoms with van der Waals surface area (Å²) in [7, 11) is 0. The molecule has 1 aliphatic carbocycles. The zero-order valence-corrected chi connectivity index (χ0v) is 10.5. The van der Waals surface area contributed by atoms with E-state index in [1.165, 1.54) is 0 Å². The lowest BCUT2D eigenvalue weighted by molar-refractivity contribution is 0.00292. The maximum Gasteiger partial charge on any atom is 0.130 e. The van der Waals surface area contributed by atoms with Crippen LogP contribution in [0.3, 0.4) is 0 Å². The molecule has 1 aromatic heterocycles. The van der Waals surface area contributed by atoms with Gasteiger partial charge in [-0.2, -0.15) is 0 Å². The van der Waals surface area contributed by atoms with E-state index in [4.69, 9.17) is 4.74 Å². The predicted octanol–water partition coefficient (Wildman–Crippen LogP) is 2.18. The first-order valence-electron chi connectivity index (χ1n) is 5.56. The van der Waals surface area contributed by atoms with Gasteiger partial charge in [-0.3, -0.25) is 0 Å². The molecule has 0 bridgehead atoms. The van der Waals surface area contributed by atoms with Crippen molar-refractivity contribution in [1.82, 2.24) is 9.97 Å². The number of anilines is 1. The molecule has 0 amide bonds. The molecule has 1 saturated carbocycles. The molecule has 88 valence electrons. The van der Waals surface area contributed by atoms with E-state index in [0.717, 1.165) is 30.3 Å². The van der Waals surface area contributed by atoms with Gasteiger partial charge in [0.2, 0.25) is 0 Å². The molecule has 0 radical (unpaired) electrons. The summed E-state index contributed by atoms with van der Waals surface area (Å²) in [6.07, 6.45) is 6.20. The molecule has 1 N–H and O–H groups in total. The molecule has 1 aliphatic rings. The summed E-state index contributed by atoms with van der Waals surface area (Å²) in [6, 6.07) is 2.49. The number of rotatable bonds is 5. The first kappa shape index (κ1) is 11.7. The first-order valence-corrected chi connectivity index (χ1v) is 6.78. The topological polar surface area (TPSA) is 47.0 Å². The third-order valence-corrected chi connectivity index (χ3v) is 3.34. The molecule has 0 unspecified atom stereocenters. The van der Waals surface area contributed by atoms with Gasteiger partial charge in [0.15, 0.2) is 0 Å². The minimum atomic E-state index is 0.435. The summed E-state index contributed by atoms with van der Waals surface area (Å²) in [4.78, 5) is 8.34. The zero-order valence-electron chi connectivity index (χ0n) is 9.64. The van der Waals surface area contributed by atoms with Crippen molar-refractivity contribution in [3.8, 4) is 0 Å². The van der Waals surface area contributed by atoms with E-state index in [0.29, 0.717) is 12.1 Å². The molecule has 1 heterocycles. The minimum Gasteiger partial charge on any atom is -0.378 e. The Morgan fingerprint density at radius 3 is 3.00 bits per heavy atom. The summed E-state index contributed by atoms with van der Waals surface area (Å²) in [5.74, 6) is 0.916. The van der Waals surface area contributed by atoms with Crippen LogP contribution >= 0.6 is 11.8 Å². The lowest BCUT2D eigenvalue weighted by Gasteiger charge is -2.35. The molecular weight excluding hydrogens is 222 g/mol. The van der Waals surface area contributed by atoms with Gasteiger partial charge < -0.3 is 10.1 Å². The van der Waals surface area contributed by atoms with E-state index in [1.54, 1.807) is 18.1 Å². The Balaban J connectivity index is 1.82. The second-order valence-electron chi connectivity index (χ2n) is 3.84. The number of aromatic nitrogens is 2. The number of nitrogens with one attached hydrogen (secondary N) is 1. The van der Waals surface area contributed by atoms with Crippen molar-refractivity contribution in [1.29, 1.82) is 0 Å². The maximum atomic E-state index is 5.51. The van der Waals surface area contributed by atoms with Crippen molar-refractivity contribution >= 4 is 17.6 Å². The largest absolute Gasteiger partial charge is 0.378 e. The summed E-state index contributed by atoms with van der Waals surface area (Å²) >= 11 is 1.63. The van der Waals surface area contributed by atoms with Gasteiger partial charge in [-0.25, -0.2) is 9.97 Å². The molecule has 5 heteroatoms. The minimum absolute atomic E-state index is 0.435. The second-order valence-corrected chi connectivity index (χ2v) is 4.66. The van der Waals surface area contributed by atoms with Crippen LogP contribution in [0.4, 0.5) is 5.82 Å². The summed E-state index contributed by atoms with van der Waals surface area (Å²) in [5, 5.41) is 4.40. The van der Waals surface area contributed by atoms with E-state index in [9.17, 15) is 0 Å². The monoisotopic (exact) mass is 239 g/mol. The fourth-order valence-corrected chi connectivity index (χ4v) is 2.18. The van der Waals surface area contributed by atoms with Crippen LogP contribution in [0.5, 0.6) is 0 Å². The predicted molar refractivity (Wildman–Crippen MR) is 65.9 cm³/mol. The Morgan fingerprint density at radius 1 is 1.50 bits per heavy atom. The van der Waals surface area contributed by atoms with Crippen LogP contribution in [0.1, 0.15) is 19.8 Å². The highest BCUT2D eigenvalue weighted by atomic mass is 32.2. The van der Waals surface area contributed by atoms with E-state index in [1.807, 2.05) is 19.2 Å². The average Bonchev–Trinajstić information content (AvgIpc) is 2.27. The molecule has 1 aromatic rings. The lowest BCUT2D eigenvalue weighted by Crippen LogP contribution is -2.41. The van der Waals surface area contributed by atoms with Gasteiger partial charge in [-0.15, -0.1) is 11.8 Å². The normalized spacial score (nSPS) is 23.9. The van der Waals surface area contributed by atoms with Gasteiger partial charge >= 0.3 is 0 Å². The van der Waals surface area contributed by atoms with Crippen LogP contribution in [0.15, 0.2) is 17.4 Å². The number of ether oxygens (including phenoxy) is 1. The number of nitrogens with zero attached hydrogens (tertiary/aromatic N) is 2. The Labute approximate surface area is 100 Å². The summed E-state index contributed by atoms with van der Waals surface area (Å²) in [6.45, 7) is 2.84. The Bertz CT molecular complexity index is 342. The van der Waals surface area contributed by atoms with Gasteiger partial charge in [-0.1, -0.05) is 0 Å². The van der Waals surface area contributed by atoms with Gasteiger partial charge in [0.1, 0.15) is 17.2 Å². The highest BCUT2D eigenvalue weighted by Gasteiger charge is 2.29. The van der Waals surface area contributed by atoms with Crippen molar-refractivity contribution in [2.45, 2.75) is 36.9 Å². The highest BCUT2D eigenvalue weighted by Crippen LogP contribution is 2.26. The van der Waals surface area contributed by atoms with Gasteiger partial charge in [-0.05, 0) is 26.0 Å². The molecule has 0 saturated heterocycles. The van der Waals surface area contributed by atoms with Crippen LogP contribution in [-0.4, -0.2) is 35.0 Å². The smallest absolute Gasteiger partial charge is 0.130 e. The number of hydrogen-bond acceptors (Lipinski definition) is 5. The molecule has 4 nitrogen and oxygen atoms in total. The third-order valence-electron chi connectivity index (χ3n) is 2.70. The van der Waals surface area contributed by atoms with Crippen molar-refractivity contribution in [3.63, 3.8) is 0 Å². The van der Waals surface area contributed by atoms with Crippen LogP contribution < -0.4 is 5.32 Å². The Kier molecular flexibility index (Phi) is 4.01. The summed E-state index contributed by atoms with van der Waals surface area (Å²) in [5.41, 5.74) is 0. The average molecular weight is 239 g/mol. The molecule has 0 spiro atoms. The highest BCUT2D eigenvalue weighted by molar-refractivity contribution is 7.98. The van der Waals surface area contributed by atoms with Crippen molar-refractivity contribution in [2.75, 3.05) is 18.2 Å². The fraction of sp³-hybridized carbons (Fsp3) is 0.636. The molecule has 2 rings (SSSR count). The number of hydrogen-bond donors (Lipinski definition) is 1. The van der Waals surface area contributed by atoms with Crippen molar-refractivity contribution in [3.05, 3.63) is 12.4 Å². The third kappa shape index (κ3) is 2.86. The lowest BCUT2D eigenvalue weighted by atomic mass is 9.89. The molecule has 0 aliphatic heterocycles. The maximum absolute atomic E-state index is 5.51.